The summed E-state index contributed by atoms with van der Waals surface area (Å²) in [6, 6.07) is 9.11. The minimum Gasteiger partial charge on any atom is -0.326 e. The Morgan fingerprint density at radius 3 is 3.00 bits per heavy atom. The van der Waals surface area contributed by atoms with Crippen molar-refractivity contribution in [2.45, 2.75) is 32.5 Å². The van der Waals surface area contributed by atoms with Crippen molar-refractivity contribution in [1.29, 1.82) is 0 Å². The van der Waals surface area contributed by atoms with Crippen LogP contribution < -0.4 is 0 Å². The molecule has 0 amide bonds. The maximum absolute atomic E-state index is 5.81. The van der Waals surface area contributed by atoms with Crippen LogP contribution in [0.1, 0.15) is 25.7 Å². The van der Waals surface area contributed by atoms with E-state index in [-0.39, 0.29) is 0 Å². The minimum atomic E-state index is 0.331. The highest BCUT2D eigenvalue weighted by Gasteiger charge is 2.45. The van der Waals surface area contributed by atoms with Gasteiger partial charge in [0, 0.05) is 18.5 Å². The van der Waals surface area contributed by atoms with Crippen LogP contribution in [0.3, 0.4) is 0 Å². The highest BCUT2D eigenvalue weighted by Crippen LogP contribution is 2.43. The van der Waals surface area contributed by atoms with Crippen LogP contribution in [0.15, 0.2) is 24.3 Å². The van der Waals surface area contributed by atoms with Crippen molar-refractivity contribution in [3.05, 3.63) is 30.1 Å². The maximum atomic E-state index is 5.81. The number of hydrogen-bond acceptors (Lipinski definition) is 3. The Hall–Kier alpha value is -1.39. The maximum Gasteiger partial charge on any atom is 0.130 e. The van der Waals surface area contributed by atoms with Crippen molar-refractivity contribution in [3.63, 3.8) is 0 Å². The highest BCUT2D eigenvalue weighted by molar-refractivity contribution is 5.76. The Labute approximate surface area is 106 Å². The van der Waals surface area contributed by atoms with E-state index < -0.39 is 0 Å². The van der Waals surface area contributed by atoms with E-state index in [4.69, 9.17) is 9.82 Å². The second-order valence-electron chi connectivity index (χ2n) is 5.52. The second-order valence-corrected chi connectivity index (χ2v) is 5.52. The molecular formula is C14H17N3O. The van der Waals surface area contributed by atoms with Crippen LogP contribution >= 0.6 is 0 Å². The molecule has 3 heterocycles. The van der Waals surface area contributed by atoms with Gasteiger partial charge in [-0.25, -0.2) is 4.98 Å². The first-order valence-corrected chi connectivity index (χ1v) is 6.62. The van der Waals surface area contributed by atoms with E-state index in [2.05, 4.69) is 41.7 Å². The summed E-state index contributed by atoms with van der Waals surface area (Å²) in [5.41, 5.74) is 2.35. The summed E-state index contributed by atoms with van der Waals surface area (Å²) in [6.07, 6.45) is 0. The Kier molecular flexibility index (Phi) is 2.08. The molecule has 4 heteroatoms. The van der Waals surface area contributed by atoms with Gasteiger partial charge < -0.3 is 4.57 Å². The van der Waals surface area contributed by atoms with Crippen molar-refractivity contribution in [2.75, 3.05) is 6.61 Å². The number of nitrogens with zero attached hydrogens (tertiary/aromatic N) is 3. The number of aromatic nitrogens is 2. The quantitative estimate of drug-likeness (QED) is 0.770. The van der Waals surface area contributed by atoms with Crippen molar-refractivity contribution in [2.24, 2.45) is 5.92 Å². The molecule has 0 spiro atoms. The molecule has 0 aliphatic carbocycles. The first-order chi connectivity index (χ1) is 8.75. The lowest BCUT2D eigenvalue weighted by atomic mass is 10.0. The number of hydroxylamine groups is 2. The Morgan fingerprint density at radius 2 is 2.17 bits per heavy atom. The molecule has 2 aliphatic rings. The van der Waals surface area contributed by atoms with E-state index in [0.717, 1.165) is 18.7 Å². The average Bonchev–Trinajstić information content (AvgIpc) is 2.97. The van der Waals surface area contributed by atoms with E-state index in [1.54, 1.807) is 0 Å². The molecule has 4 nitrogen and oxygen atoms in total. The molecule has 94 valence electrons. The third-order valence-electron chi connectivity index (χ3n) is 4.03. The summed E-state index contributed by atoms with van der Waals surface area (Å²) in [5, 5.41) is 2.12. The van der Waals surface area contributed by atoms with Gasteiger partial charge in [0.05, 0.1) is 17.6 Å². The van der Waals surface area contributed by atoms with Crippen LogP contribution in [0.5, 0.6) is 0 Å². The Balaban J connectivity index is 1.87. The van der Waals surface area contributed by atoms with Crippen LogP contribution in [-0.4, -0.2) is 27.3 Å². The van der Waals surface area contributed by atoms with Crippen molar-refractivity contribution < 1.29 is 4.84 Å². The van der Waals surface area contributed by atoms with Crippen LogP contribution in [0.2, 0.25) is 0 Å². The topological polar surface area (TPSA) is 30.3 Å². The van der Waals surface area contributed by atoms with E-state index in [1.807, 2.05) is 6.07 Å². The predicted octanol–water partition coefficient (Wildman–Crippen LogP) is 2.36. The van der Waals surface area contributed by atoms with Crippen LogP contribution in [0, 0.1) is 5.92 Å². The second kappa shape index (κ2) is 3.56. The lowest BCUT2D eigenvalue weighted by Gasteiger charge is -2.24. The van der Waals surface area contributed by atoms with Gasteiger partial charge in [-0.15, -0.1) is 0 Å². The van der Waals surface area contributed by atoms with Gasteiger partial charge >= 0.3 is 0 Å². The number of benzene rings is 1. The molecule has 1 aromatic carbocycles. The summed E-state index contributed by atoms with van der Waals surface area (Å²) in [5.74, 6) is 1.73. The van der Waals surface area contributed by atoms with Gasteiger partial charge in [0.15, 0.2) is 0 Å². The van der Waals surface area contributed by atoms with Gasteiger partial charge in [0.2, 0.25) is 0 Å². The Bertz CT molecular complexity index is 604. The molecule has 0 radical (unpaired) electrons. The molecule has 1 aromatic heterocycles. The molecule has 0 saturated carbocycles. The molecule has 0 bridgehead atoms. The van der Waals surface area contributed by atoms with Crippen LogP contribution in [0.25, 0.3) is 11.0 Å². The standard InChI is InChI=1S/C14H17N3O/c1-9(2)17-13-10(8-18-17)7-16-12-6-4-3-5-11(12)15-14(13)16/h3-6,9-10,13H,7-8H2,1-2H3/t10-,13+/m0/s1. The summed E-state index contributed by atoms with van der Waals surface area (Å²) in [4.78, 5) is 10.6. The molecule has 18 heavy (non-hydrogen) atoms. The third kappa shape index (κ3) is 1.25. The molecule has 0 N–H and O–H groups in total. The average molecular weight is 243 g/mol. The molecule has 2 aromatic rings. The van der Waals surface area contributed by atoms with E-state index in [1.165, 1.54) is 11.3 Å². The fourth-order valence-electron chi connectivity index (χ4n) is 3.25. The molecule has 4 rings (SSSR count). The normalized spacial score (nSPS) is 27.1. The first-order valence-electron chi connectivity index (χ1n) is 6.62. The van der Waals surface area contributed by atoms with Crippen molar-refractivity contribution >= 4 is 11.0 Å². The van der Waals surface area contributed by atoms with Crippen LogP contribution in [-0.2, 0) is 11.4 Å². The molecular weight excluding hydrogens is 226 g/mol. The lowest BCUT2D eigenvalue weighted by Crippen LogP contribution is -2.30. The monoisotopic (exact) mass is 243 g/mol. The molecule has 1 saturated heterocycles. The first kappa shape index (κ1) is 10.5. The number of imidazole rings is 1. The zero-order chi connectivity index (χ0) is 12.3. The number of hydrogen-bond donors (Lipinski definition) is 0. The van der Waals surface area contributed by atoms with Gasteiger partial charge in [-0.2, -0.15) is 5.06 Å². The smallest absolute Gasteiger partial charge is 0.130 e. The third-order valence-corrected chi connectivity index (χ3v) is 4.03. The van der Waals surface area contributed by atoms with Gasteiger partial charge in [0.25, 0.3) is 0 Å². The summed E-state index contributed by atoms with van der Waals surface area (Å²) in [6.45, 7) is 6.20. The summed E-state index contributed by atoms with van der Waals surface area (Å²) >= 11 is 0. The number of para-hydroxylation sites is 2. The molecule has 2 aliphatic heterocycles. The van der Waals surface area contributed by atoms with Gasteiger partial charge in [-0.3, -0.25) is 4.84 Å². The fourth-order valence-corrected chi connectivity index (χ4v) is 3.25. The van der Waals surface area contributed by atoms with Crippen molar-refractivity contribution in [1.82, 2.24) is 14.6 Å². The predicted molar refractivity (Wildman–Crippen MR) is 68.9 cm³/mol. The van der Waals surface area contributed by atoms with E-state index in [0.29, 0.717) is 18.0 Å². The van der Waals surface area contributed by atoms with Crippen LogP contribution in [0.4, 0.5) is 0 Å². The highest BCUT2D eigenvalue weighted by atomic mass is 16.7. The summed E-state index contributed by atoms with van der Waals surface area (Å²) in [7, 11) is 0. The SMILES string of the molecule is CC(C)N1OC[C@@H]2Cn3c(nc4ccccc43)[C@@H]21. The largest absolute Gasteiger partial charge is 0.326 e. The van der Waals surface area contributed by atoms with E-state index >= 15 is 0 Å². The fraction of sp³-hybridized carbons (Fsp3) is 0.500. The number of rotatable bonds is 1. The molecule has 1 fully saturated rings. The lowest BCUT2D eigenvalue weighted by molar-refractivity contribution is -0.156. The Morgan fingerprint density at radius 1 is 1.33 bits per heavy atom. The number of fused-ring (bicyclic) bond motifs is 5. The van der Waals surface area contributed by atoms with E-state index in [9.17, 15) is 0 Å². The molecule has 2 atom stereocenters. The van der Waals surface area contributed by atoms with Gasteiger partial charge in [0.1, 0.15) is 11.9 Å². The minimum absolute atomic E-state index is 0.331. The van der Waals surface area contributed by atoms with Crippen molar-refractivity contribution in [3.8, 4) is 0 Å². The van der Waals surface area contributed by atoms with Gasteiger partial charge in [-0.05, 0) is 26.0 Å². The zero-order valence-corrected chi connectivity index (χ0v) is 10.7. The molecule has 0 unspecified atom stereocenters. The van der Waals surface area contributed by atoms with Gasteiger partial charge in [-0.1, -0.05) is 12.1 Å². The summed E-state index contributed by atoms with van der Waals surface area (Å²) < 4.78 is 2.36. The zero-order valence-electron chi connectivity index (χ0n) is 10.7.